The van der Waals surface area contributed by atoms with Crippen molar-refractivity contribution >= 4 is 48.5 Å². The zero-order valence-electron chi connectivity index (χ0n) is 16.4. The van der Waals surface area contributed by atoms with E-state index in [9.17, 15) is 19.2 Å². The molecule has 0 amide bonds. The minimum Gasteiger partial charge on any atom is -0.449 e. The lowest BCUT2D eigenvalue weighted by Crippen LogP contribution is -2.20. The molecule has 0 heterocycles. The Kier molecular flexibility index (Phi) is 9.36. The molecule has 164 valence electrons. The van der Waals surface area contributed by atoms with Crippen LogP contribution in [0.3, 0.4) is 0 Å². The topological polar surface area (TPSA) is 136 Å². The molecule has 0 aliphatic rings. The fourth-order valence-electron chi connectivity index (χ4n) is 2.43. The van der Waals surface area contributed by atoms with Crippen LogP contribution in [0.2, 0.25) is 0 Å². The van der Waals surface area contributed by atoms with E-state index >= 15 is 0 Å². The number of benzene rings is 3. The minimum absolute atomic E-state index is 0.446. The predicted molar refractivity (Wildman–Crippen MR) is 115 cm³/mol. The summed E-state index contributed by atoms with van der Waals surface area (Å²) in [6.07, 6.45) is -7.82. The predicted octanol–water partition coefficient (Wildman–Crippen LogP) is 4.08. The van der Waals surface area contributed by atoms with Crippen LogP contribution in [0.15, 0.2) is 91.0 Å². The zero-order valence-corrected chi connectivity index (χ0v) is 17.3. The summed E-state index contributed by atoms with van der Waals surface area (Å²) in [5.41, 5.74) is 0. The summed E-state index contributed by atoms with van der Waals surface area (Å²) < 4.78 is 9.92. The highest BCUT2D eigenvalue weighted by molar-refractivity contribution is 7.79. The van der Waals surface area contributed by atoms with Crippen molar-refractivity contribution in [2.24, 2.45) is 0 Å². The number of hydrogen-bond donors (Lipinski definition) is 2. The van der Waals surface area contributed by atoms with E-state index in [1.807, 2.05) is 0 Å². The number of carbonyl (C=O) groups excluding carboxylic acids is 2. The lowest BCUT2D eigenvalue weighted by atomic mass is 10.4. The van der Waals surface area contributed by atoms with Crippen molar-refractivity contribution in [1.82, 2.24) is 0 Å². The van der Waals surface area contributed by atoms with Gasteiger partial charge >= 0.3 is 24.6 Å². The molecule has 0 radical (unpaired) electrons. The smallest absolute Gasteiger partial charge is 0.449 e. The summed E-state index contributed by atoms with van der Waals surface area (Å²) in [4.78, 5) is 39.5. The van der Waals surface area contributed by atoms with Crippen LogP contribution in [0.25, 0.3) is 0 Å². The van der Waals surface area contributed by atoms with Gasteiger partial charge in [-0.1, -0.05) is 91.0 Å². The third-order valence-electron chi connectivity index (χ3n) is 3.55. The Morgan fingerprint density at radius 1 is 0.500 bits per heavy atom. The van der Waals surface area contributed by atoms with Crippen molar-refractivity contribution in [1.29, 1.82) is 0 Å². The Balaban J connectivity index is 0.000000247. The fourth-order valence-corrected chi connectivity index (χ4v) is 4.74. The molecule has 32 heavy (non-hydrogen) atoms. The SMILES string of the molecule is O=C(O)OC(=O)OC(=O)OC(=O)O.c1ccc(P(c2ccccc2)c2ccccc2)cc1. The number of rotatable bonds is 3. The molecule has 0 saturated heterocycles. The molecule has 3 rings (SSSR count). The molecular weight excluding hydrogens is 439 g/mol. The number of carbonyl (C=O) groups is 4. The number of hydrogen-bond acceptors (Lipinski definition) is 7. The van der Waals surface area contributed by atoms with E-state index in [2.05, 4.69) is 105 Å². The maximum atomic E-state index is 10.1. The molecule has 0 spiro atoms. The van der Waals surface area contributed by atoms with Crippen LogP contribution < -0.4 is 15.9 Å². The van der Waals surface area contributed by atoms with Crippen LogP contribution in [0.4, 0.5) is 19.2 Å². The van der Waals surface area contributed by atoms with Crippen molar-refractivity contribution in [2.45, 2.75) is 0 Å². The summed E-state index contributed by atoms with van der Waals surface area (Å²) in [5, 5.41) is 19.8. The van der Waals surface area contributed by atoms with Crippen molar-refractivity contribution in [2.75, 3.05) is 0 Å². The van der Waals surface area contributed by atoms with Crippen LogP contribution in [0.5, 0.6) is 0 Å². The molecule has 0 unspecified atom stereocenters. The van der Waals surface area contributed by atoms with Gasteiger partial charge in [-0.15, -0.1) is 0 Å². The Labute approximate surface area is 183 Å². The zero-order chi connectivity index (χ0) is 23.3. The molecule has 10 heteroatoms. The Morgan fingerprint density at radius 3 is 1.03 bits per heavy atom. The molecule has 0 aromatic heterocycles. The Hall–Kier alpha value is -4.23. The fraction of sp³-hybridized carbons (Fsp3) is 0. The van der Waals surface area contributed by atoms with Crippen LogP contribution in [-0.2, 0) is 14.2 Å². The maximum absolute atomic E-state index is 10.1. The van der Waals surface area contributed by atoms with Gasteiger partial charge in [-0.2, -0.15) is 0 Å². The van der Waals surface area contributed by atoms with Gasteiger partial charge in [-0.25, -0.2) is 19.2 Å². The summed E-state index contributed by atoms with van der Waals surface area (Å²) in [7, 11) is -0.446. The van der Waals surface area contributed by atoms with Gasteiger partial charge in [0.05, 0.1) is 0 Å². The number of carboxylic acid groups (broad SMARTS) is 2. The van der Waals surface area contributed by atoms with Crippen molar-refractivity contribution in [3.05, 3.63) is 91.0 Å². The second-order valence-corrected chi connectivity index (χ2v) is 7.90. The largest absolute Gasteiger partial charge is 0.528 e. The molecule has 0 aliphatic carbocycles. The molecule has 0 atom stereocenters. The second kappa shape index (κ2) is 12.5. The molecule has 0 bridgehead atoms. The Bertz CT molecular complexity index is 921. The quantitative estimate of drug-likeness (QED) is 0.339. The van der Waals surface area contributed by atoms with Crippen molar-refractivity contribution in [3.63, 3.8) is 0 Å². The van der Waals surface area contributed by atoms with Gasteiger partial charge in [0.1, 0.15) is 0 Å². The second-order valence-electron chi connectivity index (χ2n) is 5.68. The Morgan fingerprint density at radius 2 is 0.781 bits per heavy atom. The number of ether oxygens (including phenoxy) is 3. The summed E-state index contributed by atoms with van der Waals surface area (Å²) in [6, 6.07) is 32.3. The van der Waals surface area contributed by atoms with E-state index in [0.717, 1.165) is 0 Å². The third-order valence-corrected chi connectivity index (χ3v) is 5.99. The summed E-state index contributed by atoms with van der Waals surface area (Å²) >= 11 is 0. The van der Waals surface area contributed by atoms with Crippen LogP contribution >= 0.6 is 7.92 Å². The van der Waals surface area contributed by atoms with Gasteiger partial charge in [0.25, 0.3) is 0 Å². The molecule has 0 saturated carbocycles. The lowest BCUT2D eigenvalue weighted by molar-refractivity contribution is 0.0415. The van der Waals surface area contributed by atoms with Crippen LogP contribution in [0, 0.1) is 0 Å². The molecule has 0 fully saturated rings. The maximum Gasteiger partial charge on any atom is 0.528 e. The van der Waals surface area contributed by atoms with Gasteiger partial charge in [0.2, 0.25) is 0 Å². The van der Waals surface area contributed by atoms with Crippen molar-refractivity contribution < 1.29 is 43.6 Å². The first-order valence-corrected chi connectivity index (χ1v) is 10.2. The van der Waals surface area contributed by atoms with Gasteiger partial charge in [-0.05, 0) is 23.8 Å². The van der Waals surface area contributed by atoms with Crippen molar-refractivity contribution in [3.8, 4) is 0 Å². The van der Waals surface area contributed by atoms with E-state index < -0.39 is 32.5 Å². The normalized spacial score (nSPS) is 9.66. The van der Waals surface area contributed by atoms with Gasteiger partial charge < -0.3 is 24.4 Å². The highest BCUT2D eigenvalue weighted by atomic mass is 31.1. The average molecular weight is 456 g/mol. The van der Waals surface area contributed by atoms with E-state index in [1.165, 1.54) is 15.9 Å². The summed E-state index contributed by atoms with van der Waals surface area (Å²) in [6.45, 7) is 0. The minimum atomic E-state index is -2.01. The van der Waals surface area contributed by atoms with Crippen LogP contribution in [-0.4, -0.2) is 34.8 Å². The van der Waals surface area contributed by atoms with Gasteiger partial charge in [0, 0.05) is 0 Å². The third kappa shape index (κ3) is 8.25. The first kappa shape index (κ1) is 24.0. The molecule has 3 aromatic rings. The molecular formula is C22H17O9P. The molecule has 2 N–H and O–H groups in total. The molecule has 3 aromatic carbocycles. The van der Waals surface area contributed by atoms with E-state index in [4.69, 9.17) is 10.2 Å². The highest BCUT2D eigenvalue weighted by Gasteiger charge is 2.19. The van der Waals surface area contributed by atoms with Gasteiger partial charge in [0.15, 0.2) is 0 Å². The lowest BCUT2D eigenvalue weighted by Gasteiger charge is -2.18. The summed E-state index contributed by atoms with van der Waals surface area (Å²) in [5.74, 6) is 0. The average Bonchev–Trinajstić information content (AvgIpc) is 2.75. The van der Waals surface area contributed by atoms with E-state index in [-0.39, 0.29) is 0 Å². The van der Waals surface area contributed by atoms with Gasteiger partial charge in [-0.3, -0.25) is 0 Å². The highest BCUT2D eigenvalue weighted by Crippen LogP contribution is 2.32. The van der Waals surface area contributed by atoms with E-state index in [1.54, 1.807) is 0 Å². The first-order chi connectivity index (χ1) is 15.4. The molecule has 9 nitrogen and oxygen atoms in total. The standard InChI is InChI=1S/C18H15P.C4H2O9/c1-4-10-16(11-5-1)19(17-12-6-2-7-13-17)18-14-8-3-9-15-18;5-1(6)11-3(9)13-4(10)12-2(7)8/h1-15H;(H,5,6)(H,7,8). The van der Waals surface area contributed by atoms with Crippen LogP contribution in [0.1, 0.15) is 0 Å². The first-order valence-electron chi connectivity index (χ1n) is 8.89. The van der Waals surface area contributed by atoms with E-state index in [0.29, 0.717) is 0 Å². The monoisotopic (exact) mass is 456 g/mol. The molecule has 0 aliphatic heterocycles.